The van der Waals surface area contributed by atoms with Crippen LogP contribution in [0.4, 0.5) is 16.2 Å². The van der Waals surface area contributed by atoms with Gasteiger partial charge in [-0.3, -0.25) is 0 Å². The molecule has 0 heterocycles. The van der Waals surface area contributed by atoms with Crippen LogP contribution in [0.2, 0.25) is 0 Å². The second-order valence-corrected chi connectivity index (χ2v) is 7.24. The number of nitrogens with one attached hydrogen (secondary N) is 2. The van der Waals surface area contributed by atoms with Gasteiger partial charge in [0.15, 0.2) is 0 Å². The summed E-state index contributed by atoms with van der Waals surface area (Å²) in [5.74, 6) is 0.841. The predicted octanol–water partition coefficient (Wildman–Crippen LogP) is 7.16. The number of hydrogen-bond donors (Lipinski definition) is 2. The fourth-order valence-corrected chi connectivity index (χ4v) is 3.06. The molecular formula is C24H34N2O2. The summed E-state index contributed by atoms with van der Waals surface area (Å²) in [7, 11) is 0. The largest absolute Gasteiger partial charge is 0.494 e. The molecule has 152 valence electrons. The monoisotopic (exact) mass is 382 g/mol. The number of aryl methyl sites for hydroxylation is 1. The highest BCUT2D eigenvalue weighted by atomic mass is 16.5. The van der Waals surface area contributed by atoms with Gasteiger partial charge in [0.1, 0.15) is 5.75 Å². The summed E-state index contributed by atoms with van der Waals surface area (Å²) in [5.41, 5.74) is 2.58. The molecule has 0 spiro atoms. The van der Waals surface area contributed by atoms with Gasteiger partial charge in [0.25, 0.3) is 0 Å². The van der Waals surface area contributed by atoms with Crippen LogP contribution in [0.15, 0.2) is 48.5 Å². The van der Waals surface area contributed by atoms with Crippen LogP contribution in [0.1, 0.15) is 63.9 Å². The van der Waals surface area contributed by atoms with Crippen molar-refractivity contribution < 1.29 is 9.53 Å². The standard InChI is InChI=1S/C24H34N2O2/c1-3-4-5-6-7-8-9-12-19-28-22-17-15-21(16-18-22)25-24(27)26-23-14-11-10-13-20(23)2/h10-11,13-18H,3-9,12,19H2,1-2H3,(H2,25,26,27). The Morgan fingerprint density at radius 2 is 1.46 bits per heavy atom. The van der Waals surface area contributed by atoms with E-state index in [-0.39, 0.29) is 6.03 Å². The highest BCUT2D eigenvalue weighted by Crippen LogP contribution is 2.18. The minimum Gasteiger partial charge on any atom is -0.494 e. The van der Waals surface area contributed by atoms with Crippen molar-refractivity contribution in [3.8, 4) is 5.75 Å². The number of anilines is 2. The van der Waals surface area contributed by atoms with Gasteiger partial charge in [-0.05, 0) is 49.2 Å². The molecular weight excluding hydrogens is 348 g/mol. The van der Waals surface area contributed by atoms with E-state index in [0.717, 1.165) is 35.7 Å². The summed E-state index contributed by atoms with van der Waals surface area (Å²) in [6.45, 7) is 4.96. The number of rotatable bonds is 12. The van der Waals surface area contributed by atoms with Gasteiger partial charge in [-0.25, -0.2) is 4.79 Å². The maximum atomic E-state index is 12.1. The van der Waals surface area contributed by atoms with Crippen molar-refractivity contribution in [2.45, 2.75) is 65.2 Å². The molecule has 0 atom stereocenters. The van der Waals surface area contributed by atoms with Crippen LogP contribution >= 0.6 is 0 Å². The van der Waals surface area contributed by atoms with E-state index in [4.69, 9.17) is 4.74 Å². The average Bonchev–Trinajstić information content (AvgIpc) is 2.70. The Hall–Kier alpha value is -2.49. The van der Waals surface area contributed by atoms with Crippen molar-refractivity contribution in [3.05, 3.63) is 54.1 Å². The van der Waals surface area contributed by atoms with E-state index in [0.29, 0.717) is 0 Å². The van der Waals surface area contributed by atoms with Gasteiger partial charge in [0.05, 0.1) is 6.61 Å². The molecule has 0 radical (unpaired) electrons. The van der Waals surface area contributed by atoms with Crippen molar-refractivity contribution in [2.24, 2.45) is 0 Å². The van der Waals surface area contributed by atoms with Crippen molar-refractivity contribution in [1.29, 1.82) is 0 Å². The summed E-state index contributed by atoms with van der Waals surface area (Å²) >= 11 is 0. The minimum absolute atomic E-state index is 0.248. The summed E-state index contributed by atoms with van der Waals surface area (Å²) < 4.78 is 5.79. The van der Waals surface area contributed by atoms with Crippen LogP contribution in [0.3, 0.4) is 0 Å². The zero-order valence-corrected chi connectivity index (χ0v) is 17.3. The smallest absolute Gasteiger partial charge is 0.323 e. The molecule has 0 saturated heterocycles. The Balaban J connectivity index is 1.62. The molecule has 0 saturated carbocycles. The third-order valence-electron chi connectivity index (χ3n) is 4.77. The molecule has 2 aromatic rings. The number of benzene rings is 2. The number of hydrogen-bond acceptors (Lipinski definition) is 2. The first-order valence-electron chi connectivity index (χ1n) is 10.6. The lowest BCUT2D eigenvalue weighted by atomic mass is 10.1. The lowest BCUT2D eigenvalue weighted by Gasteiger charge is -2.11. The third-order valence-corrected chi connectivity index (χ3v) is 4.77. The van der Waals surface area contributed by atoms with Crippen LogP contribution in [0.5, 0.6) is 5.75 Å². The third kappa shape index (κ3) is 8.47. The first-order chi connectivity index (χ1) is 13.7. The quantitative estimate of drug-likeness (QED) is 0.383. The van der Waals surface area contributed by atoms with Gasteiger partial charge < -0.3 is 15.4 Å². The number of carbonyl (C=O) groups is 1. The number of amides is 2. The fourth-order valence-electron chi connectivity index (χ4n) is 3.06. The molecule has 0 aromatic heterocycles. The molecule has 2 N–H and O–H groups in total. The summed E-state index contributed by atoms with van der Waals surface area (Å²) in [4.78, 5) is 12.1. The van der Waals surface area contributed by atoms with Gasteiger partial charge >= 0.3 is 6.03 Å². The lowest BCUT2D eigenvalue weighted by molar-refractivity contribution is 0.262. The normalized spacial score (nSPS) is 10.5. The Labute approximate surface area is 169 Å². The zero-order valence-electron chi connectivity index (χ0n) is 17.3. The van der Waals surface area contributed by atoms with E-state index in [1.807, 2.05) is 55.5 Å². The van der Waals surface area contributed by atoms with Gasteiger partial charge in [-0.15, -0.1) is 0 Å². The Kier molecular flexibility index (Phi) is 9.98. The molecule has 0 aliphatic heterocycles. The molecule has 4 heteroatoms. The van der Waals surface area contributed by atoms with Crippen LogP contribution < -0.4 is 15.4 Å². The fraction of sp³-hybridized carbons (Fsp3) is 0.458. The maximum absolute atomic E-state index is 12.1. The molecule has 2 rings (SSSR count). The SMILES string of the molecule is CCCCCCCCCCOc1ccc(NC(=O)Nc2ccccc2C)cc1. The van der Waals surface area contributed by atoms with Gasteiger partial charge in [-0.1, -0.05) is 70.1 Å². The van der Waals surface area contributed by atoms with Crippen LogP contribution in [0, 0.1) is 6.92 Å². The van der Waals surface area contributed by atoms with Crippen molar-refractivity contribution in [2.75, 3.05) is 17.2 Å². The van der Waals surface area contributed by atoms with E-state index < -0.39 is 0 Å². The summed E-state index contributed by atoms with van der Waals surface area (Å²) in [6.07, 6.45) is 10.4. The van der Waals surface area contributed by atoms with Crippen LogP contribution in [0.25, 0.3) is 0 Å². The topological polar surface area (TPSA) is 50.4 Å². The van der Waals surface area contributed by atoms with Gasteiger partial charge in [0, 0.05) is 11.4 Å². The Morgan fingerprint density at radius 1 is 0.821 bits per heavy atom. The summed E-state index contributed by atoms with van der Waals surface area (Å²) in [5, 5.41) is 5.71. The Bertz CT molecular complexity index is 698. The van der Waals surface area contributed by atoms with E-state index in [9.17, 15) is 4.79 Å². The second kappa shape index (κ2) is 12.8. The first-order valence-corrected chi connectivity index (χ1v) is 10.6. The highest BCUT2D eigenvalue weighted by Gasteiger charge is 2.04. The zero-order chi connectivity index (χ0) is 20.0. The van der Waals surface area contributed by atoms with Crippen molar-refractivity contribution in [1.82, 2.24) is 0 Å². The number of unbranched alkanes of at least 4 members (excludes halogenated alkanes) is 7. The van der Waals surface area contributed by atoms with E-state index in [2.05, 4.69) is 17.6 Å². The lowest BCUT2D eigenvalue weighted by Crippen LogP contribution is -2.19. The number of ether oxygens (including phenoxy) is 1. The molecule has 2 aromatic carbocycles. The molecule has 0 aliphatic carbocycles. The first kappa shape index (κ1) is 21.8. The highest BCUT2D eigenvalue weighted by molar-refractivity contribution is 6.00. The van der Waals surface area contributed by atoms with E-state index in [1.54, 1.807) is 0 Å². The van der Waals surface area contributed by atoms with E-state index >= 15 is 0 Å². The molecule has 0 aliphatic rings. The predicted molar refractivity (Wildman–Crippen MR) is 118 cm³/mol. The van der Waals surface area contributed by atoms with Crippen molar-refractivity contribution in [3.63, 3.8) is 0 Å². The summed E-state index contributed by atoms with van der Waals surface area (Å²) in [6, 6.07) is 15.0. The molecule has 4 nitrogen and oxygen atoms in total. The van der Waals surface area contributed by atoms with Gasteiger partial charge in [-0.2, -0.15) is 0 Å². The average molecular weight is 383 g/mol. The maximum Gasteiger partial charge on any atom is 0.323 e. The molecule has 0 bridgehead atoms. The molecule has 28 heavy (non-hydrogen) atoms. The molecule has 0 unspecified atom stereocenters. The molecule has 0 fully saturated rings. The Morgan fingerprint density at radius 3 is 2.14 bits per heavy atom. The van der Waals surface area contributed by atoms with Gasteiger partial charge in [0.2, 0.25) is 0 Å². The second-order valence-electron chi connectivity index (χ2n) is 7.24. The molecule has 2 amide bonds. The number of carbonyl (C=O) groups excluding carboxylic acids is 1. The van der Waals surface area contributed by atoms with Crippen LogP contribution in [-0.4, -0.2) is 12.6 Å². The number of urea groups is 1. The van der Waals surface area contributed by atoms with Crippen molar-refractivity contribution >= 4 is 17.4 Å². The minimum atomic E-state index is -0.248. The van der Waals surface area contributed by atoms with E-state index in [1.165, 1.54) is 44.9 Å². The number of para-hydroxylation sites is 1. The van der Waals surface area contributed by atoms with Crippen LogP contribution in [-0.2, 0) is 0 Å².